The van der Waals surface area contributed by atoms with E-state index in [1.807, 2.05) is 43.3 Å². The van der Waals surface area contributed by atoms with Gasteiger partial charge >= 0.3 is 5.69 Å². The molecule has 7 nitrogen and oxygen atoms in total. The van der Waals surface area contributed by atoms with Crippen molar-refractivity contribution in [3.63, 3.8) is 0 Å². The van der Waals surface area contributed by atoms with E-state index in [4.69, 9.17) is 25.8 Å². The van der Waals surface area contributed by atoms with Crippen molar-refractivity contribution >= 4 is 11.6 Å². The third-order valence-electron chi connectivity index (χ3n) is 5.68. The van der Waals surface area contributed by atoms with E-state index in [9.17, 15) is 4.79 Å². The summed E-state index contributed by atoms with van der Waals surface area (Å²) in [5, 5.41) is 0.447. The highest BCUT2D eigenvalue weighted by molar-refractivity contribution is 6.32. The summed E-state index contributed by atoms with van der Waals surface area (Å²) in [4.78, 5) is 21.0. The van der Waals surface area contributed by atoms with Crippen LogP contribution >= 0.6 is 11.6 Å². The zero-order valence-electron chi connectivity index (χ0n) is 18.7. The van der Waals surface area contributed by atoms with Crippen LogP contribution in [0.2, 0.25) is 5.02 Å². The standard InChI is InChI=1S/C26H22ClN3O4/c1-16-3-5-20(14-28-16)34-24-8-4-17(11-22(24)27)15-33-25-13-23-21-7-6-19(32-2)12-18(21)9-10-30(23)26(31)29-25/h3-8,11-14H,9-10,15H2,1-2H3. The summed E-state index contributed by atoms with van der Waals surface area (Å²) in [5.41, 5.74) is 4.29. The van der Waals surface area contributed by atoms with Crippen molar-refractivity contribution in [2.45, 2.75) is 26.5 Å². The van der Waals surface area contributed by atoms with Gasteiger partial charge in [-0.05, 0) is 66.9 Å². The molecule has 3 heterocycles. The van der Waals surface area contributed by atoms with Crippen LogP contribution in [0.5, 0.6) is 23.1 Å². The third kappa shape index (κ3) is 4.47. The highest BCUT2D eigenvalue weighted by Crippen LogP contribution is 2.33. The molecule has 0 N–H and O–H groups in total. The number of halogens is 1. The topological polar surface area (TPSA) is 75.5 Å². The first-order valence-corrected chi connectivity index (χ1v) is 11.2. The Morgan fingerprint density at radius 2 is 1.91 bits per heavy atom. The summed E-state index contributed by atoms with van der Waals surface area (Å²) in [5.74, 6) is 2.19. The van der Waals surface area contributed by atoms with Crippen LogP contribution < -0.4 is 19.9 Å². The average molecular weight is 476 g/mol. The summed E-state index contributed by atoms with van der Waals surface area (Å²) in [6.45, 7) is 2.68. The quantitative estimate of drug-likeness (QED) is 0.381. The molecule has 34 heavy (non-hydrogen) atoms. The van der Waals surface area contributed by atoms with Crippen LogP contribution in [0.1, 0.15) is 16.8 Å². The van der Waals surface area contributed by atoms with Crippen molar-refractivity contribution < 1.29 is 14.2 Å². The summed E-state index contributed by atoms with van der Waals surface area (Å²) in [7, 11) is 1.64. The van der Waals surface area contributed by atoms with E-state index in [0.717, 1.165) is 40.2 Å². The Morgan fingerprint density at radius 1 is 1.06 bits per heavy atom. The number of fused-ring (bicyclic) bond motifs is 3. The molecule has 8 heteroatoms. The van der Waals surface area contributed by atoms with E-state index in [2.05, 4.69) is 9.97 Å². The molecule has 0 amide bonds. The van der Waals surface area contributed by atoms with E-state index in [0.29, 0.717) is 23.1 Å². The second-order valence-electron chi connectivity index (χ2n) is 7.98. The zero-order chi connectivity index (χ0) is 23.7. The first-order chi connectivity index (χ1) is 16.5. The number of pyridine rings is 1. The van der Waals surface area contributed by atoms with Crippen molar-refractivity contribution in [3.05, 3.63) is 93.1 Å². The van der Waals surface area contributed by atoms with Crippen molar-refractivity contribution in [3.8, 4) is 34.4 Å². The fourth-order valence-electron chi connectivity index (χ4n) is 3.90. The maximum atomic E-state index is 12.6. The van der Waals surface area contributed by atoms with Crippen LogP contribution in [0, 0.1) is 6.92 Å². The van der Waals surface area contributed by atoms with Gasteiger partial charge < -0.3 is 14.2 Å². The van der Waals surface area contributed by atoms with Gasteiger partial charge in [-0.15, -0.1) is 0 Å². The zero-order valence-corrected chi connectivity index (χ0v) is 19.5. The van der Waals surface area contributed by atoms with Gasteiger partial charge in [-0.25, -0.2) is 4.79 Å². The van der Waals surface area contributed by atoms with Crippen molar-refractivity contribution in [1.29, 1.82) is 0 Å². The molecular formula is C26H22ClN3O4. The predicted octanol–water partition coefficient (Wildman–Crippen LogP) is 5.20. The van der Waals surface area contributed by atoms with Gasteiger partial charge in [0, 0.05) is 23.9 Å². The molecule has 0 saturated heterocycles. The second-order valence-corrected chi connectivity index (χ2v) is 8.38. The number of rotatable bonds is 6. The minimum Gasteiger partial charge on any atom is -0.497 e. The van der Waals surface area contributed by atoms with Gasteiger partial charge in [0.15, 0.2) is 0 Å². The fraction of sp³-hybridized carbons (Fsp3) is 0.192. The Bertz CT molecular complexity index is 1420. The molecule has 0 aliphatic carbocycles. The number of hydrogen-bond donors (Lipinski definition) is 0. The molecule has 172 valence electrons. The lowest BCUT2D eigenvalue weighted by Gasteiger charge is -2.22. The Hall–Kier alpha value is -3.84. The Kier molecular flexibility index (Phi) is 5.94. The molecule has 0 saturated carbocycles. The van der Waals surface area contributed by atoms with Crippen LogP contribution in [0.15, 0.2) is 65.6 Å². The minimum atomic E-state index is -0.331. The van der Waals surface area contributed by atoms with Gasteiger partial charge in [0.1, 0.15) is 23.9 Å². The molecule has 0 unspecified atom stereocenters. The van der Waals surface area contributed by atoms with E-state index in [1.54, 1.807) is 36.1 Å². The molecular weight excluding hydrogens is 454 g/mol. The Labute approximate surface area is 201 Å². The average Bonchev–Trinajstić information content (AvgIpc) is 2.85. The molecule has 2 aromatic carbocycles. The van der Waals surface area contributed by atoms with Crippen LogP contribution in [0.4, 0.5) is 0 Å². The first kappa shape index (κ1) is 22.0. The van der Waals surface area contributed by atoms with Crippen molar-refractivity contribution in [1.82, 2.24) is 14.5 Å². The van der Waals surface area contributed by atoms with Gasteiger partial charge in [-0.3, -0.25) is 9.55 Å². The van der Waals surface area contributed by atoms with Crippen molar-refractivity contribution in [2.75, 3.05) is 7.11 Å². The van der Waals surface area contributed by atoms with Gasteiger partial charge in [0.25, 0.3) is 0 Å². The number of hydrogen-bond acceptors (Lipinski definition) is 6. The molecule has 0 spiro atoms. The largest absolute Gasteiger partial charge is 0.497 e. The maximum absolute atomic E-state index is 12.6. The van der Waals surface area contributed by atoms with E-state index < -0.39 is 0 Å². The maximum Gasteiger partial charge on any atom is 0.351 e. The number of benzene rings is 2. The lowest BCUT2D eigenvalue weighted by atomic mass is 9.97. The molecule has 0 bridgehead atoms. The predicted molar refractivity (Wildman–Crippen MR) is 129 cm³/mol. The first-order valence-electron chi connectivity index (χ1n) is 10.8. The van der Waals surface area contributed by atoms with E-state index >= 15 is 0 Å². The number of nitrogens with zero attached hydrogens (tertiary/aromatic N) is 3. The molecule has 1 aliphatic heterocycles. The van der Waals surface area contributed by atoms with Crippen LogP contribution in [-0.2, 0) is 19.6 Å². The Morgan fingerprint density at radius 3 is 2.68 bits per heavy atom. The van der Waals surface area contributed by atoms with Crippen LogP contribution in [0.25, 0.3) is 11.3 Å². The number of aryl methyl sites for hydroxylation is 2. The normalized spacial score (nSPS) is 12.0. The SMILES string of the molecule is COc1ccc2c(c1)CCn1c-2cc(OCc2ccc(Oc3ccc(C)nc3)c(Cl)c2)nc1=O. The minimum absolute atomic E-state index is 0.206. The molecule has 0 fully saturated rings. The molecule has 1 aliphatic rings. The highest BCUT2D eigenvalue weighted by atomic mass is 35.5. The van der Waals surface area contributed by atoms with E-state index in [-0.39, 0.29) is 18.2 Å². The molecule has 0 radical (unpaired) electrons. The van der Waals surface area contributed by atoms with Gasteiger partial charge in [0.2, 0.25) is 5.88 Å². The van der Waals surface area contributed by atoms with Crippen molar-refractivity contribution in [2.24, 2.45) is 0 Å². The number of methoxy groups -OCH3 is 1. The third-order valence-corrected chi connectivity index (χ3v) is 5.97. The monoisotopic (exact) mass is 475 g/mol. The van der Waals surface area contributed by atoms with Crippen LogP contribution in [-0.4, -0.2) is 21.6 Å². The lowest BCUT2D eigenvalue weighted by Crippen LogP contribution is -2.28. The second kappa shape index (κ2) is 9.19. The number of aromatic nitrogens is 3. The number of ether oxygens (including phenoxy) is 3. The molecule has 0 atom stereocenters. The summed E-state index contributed by atoms with van der Waals surface area (Å²) in [6.07, 6.45) is 2.39. The smallest absolute Gasteiger partial charge is 0.351 e. The summed E-state index contributed by atoms with van der Waals surface area (Å²) >= 11 is 6.41. The Balaban J connectivity index is 1.33. The molecule has 4 aromatic rings. The van der Waals surface area contributed by atoms with Gasteiger partial charge in [-0.2, -0.15) is 4.98 Å². The summed E-state index contributed by atoms with van der Waals surface area (Å²) < 4.78 is 18.7. The van der Waals surface area contributed by atoms with Gasteiger partial charge in [0.05, 0.1) is 24.0 Å². The lowest BCUT2D eigenvalue weighted by molar-refractivity contribution is 0.291. The molecule has 2 aromatic heterocycles. The highest BCUT2D eigenvalue weighted by Gasteiger charge is 2.19. The van der Waals surface area contributed by atoms with E-state index in [1.165, 1.54) is 0 Å². The fourth-order valence-corrected chi connectivity index (χ4v) is 4.14. The van der Waals surface area contributed by atoms with Crippen LogP contribution in [0.3, 0.4) is 0 Å². The van der Waals surface area contributed by atoms with Gasteiger partial charge in [-0.1, -0.05) is 17.7 Å². The molecule has 5 rings (SSSR count). The summed E-state index contributed by atoms with van der Waals surface area (Å²) in [6, 6.07) is 16.8.